The number of oxazole rings is 1. The number of fused-ring (bicyclic) bond motifs is 1. The fraction of sp³-hybridized carbons (Fsp3) is 0.467. The number of likely N-dealkylation sites (N-methyl/N-ethyl adjacent to an activating group) is 1. The van der Waals surface area contributed by atoms with Gasteiger partial charge in [-0.15, -0.1) is 0 Å². The van der Waals surface area contributed by atoms with Crippen molar-refractivity contribution in [2.75, 3.05) is 44.7 Å². The summed E-state index contributed by atoms with van der Waals surface area (Å²) in [7, 11) is 1.77. The number of carboxylic acids is 1. The van der Waals surface area contributed by atoms with Crippen LogP contribution < -0.4 is 4.90 Å². The smallest absolute Gasteiger partial charge is 0.317 e. The van der Waals surface area contributed by atoms with Gasteiger partial charge in [-0.2, -0.15) is 4.98 Å². The minimum Gasteiger partial charge on any atom is -0.480 e. The summed E-state index contributed by atoms with van der Waals surface area (Å²) in [4.78, 5) is 19.0. The highest BCUT2D eigenvalue weighted by Gasteiger charge is 2.25. The molecule has 3 rings (SSSR count). The van der Waals surface area contributed by atoms with Gasteiger partial charge in [0.25, 0.3) is 6.01 Å². The lowest BCUT2D eigenvalue weighted by Gasteiger charge is -2.33. The number of hydrogen-bond acceptors (Lipinski definition) is 6. The molecule has 0 radical (unpaired) electrons. The summed E-state index contributed by atoms with van der Waals surface area (Å²) in [6, 6.07) is 8.25. The van der Waals surface area contributed by atoms with Crippen molar-refractivity contribution in [2.24, 2.45) is 0 Å². The Morgan fingerprint density at radius 3 is 3.09 bits per heavy atom. The molecule has 1 atom stereocenters. The fourth-order valence-electron chi connectivity index (χ4n) is 2.64. The average Bonchev–Trinajstić information content (AvgIpc) is 2.90. The quantitative estimate of drug-likeness (QED) is 0.884. The Kier molecular flexibility index (Phi) is 4.26. The Labute approximate surface area is 128 Å². The van der Waals surface area contributed by atoms with Gasteiger partial charge in [-0.25, -0.2) is 0 Å². The maximum Gasteiger partial charge on any atom is 0.317 e. The second-order valence-corrected chi connectivity index (χ2v) is 5.49. The van der Waals surface area contributed by atoms with Crippen molar-refractivity contribution in [1.29, 1.82) is 0 Å². The monoisotopic (exact) mass is 305 g/mol. The first kappa shape index (κ1) is 14.8. The highest BCUT2D eigenvalue weighted by Crippen LogP contribution is 2.23. The molecule has 7 nitrogen and oxygen atoms in total. The van der Waals surface area contributed by atoms with Gasteiger partial charge < -0.3 is 19.2 Å². The number of aliphatic carboxylic acids is 1. The molecule has 0 amide bonds. The zero-order valence-electron chi connectivity index (χ0n) is 12.4. The summed E-state index contributed by atoms with van der Waals surface area (Å²) in [6.07, 6.45) is -0.0619. The molecular formula is C15H19N3O4. The van der Waals surface area contributed by atoms with E-state index in [0.29, 0.717) is 32.3 Å². The van der Waals surface area contributed by atoms with E-state index in [1.807, 2.05) is 29.2 Å². The van der Waals surface area contributed by atoms with E-state index >= 15 is 0 Å². The van der Waals surface area contributed by atoms with Crippen LogP contribution in [0.5, 0.6) is 0 Å². The molecule has 1 saturated heterocycles. The van der Waals surface area contributed by atoms with E-state index in [4.69, 9.17) is 14.3 Å². The predicted octanol–water partition coefficient (Wildman–Crippen LogP) is 1.05. The van der Waals surface area contributed by atoms with Crippen LogP contribution in [0.2, 0.25) is 0 Å². The van der Waals surface area contributed by atoms with Crippen LogP contribution in [0.25, 0.3) is 11.1 Å². The third-order valence-electron chi connectivity index (χ3n) is 3.61. The van der Waals surface area contributed by atoms with E-state index in [0.717, 1.165) is 11.1 Å². The number of morpholine rings is 1. The summed E-state index contributed by atoms with van der Waals surface area (Å²) in [5.74, 6) is -0.839. The lowest BCUT2D eigenvalue weighted by molar-refractivity contribution is -0.138. The van der Waals surface area contributed by atoms with E-state index in [-0.39, 0.29) is 12.6 Å². The third-order valence-corrected chi connectivity index (χ3v) is 3.61. The van der Waals surface area contributed by atoms with Crippen molar-refractivity contribution in [3.63, 3.8) is 0 Å². The van der Waals surface area contributed by atoms with Gasteiger partial charge in [-0.1, -0.05) is 12.1 Å². The van der Waals surface area contributed by atoms with Gasteiger partial charge in [0.15, 0.2) is 5.58 Å². The van der Waals surface area contributed by atoms with Crippen molar-refractivity contribution in [1.82, 2.24) is 9.88 Å². The molecule has 7 heteroatoms. The molecule has 1 aliphatic rings. The van der Waals surface area contributed by atoms with Gasteiger partial charge >= 0.3 is 5.97 Å². The Bertz CT molecular complexity index is 624. The normalized spacial score (nSPS) is 19.0. The molecule has 1 unspecified atom stereocenters. The van der Waals surface area contributed by atoms with Gasteiger partial charge in [0.2, 0.25) is 0 Å². The first-order chi connectivity index (χ1) is 10.6. The van der Waals surface area contributed by atoms with Crippen LogP contribution in [-0.4, -0.2) is 66.9 Å². The summed E-state index contributed by atoms with van der Waals surface area (Å²) in [6.45, 7) is 2.48. The lowest BCUT2D eigenvalue weighted by Crippen LogP contribution is -2.47. The van der Waals surface area contributed by atoms with Gasteiger partial charge in [0.05, 0.1) is 19.3 Å². The number of benzene rings is 1. The summed E-state index contributed by atoms with van der Waals surface area (Å²) < 4.78 is 11.5. The predicted molar refractivity (Wildman–Crippen MR) is 81.1 cm³/mol. The van der Waals surface area contributed by atoms with Gasteiger partial charge in [0, 0.05) is 19.6 Å². The van der Waals surface area contributed by atoms with E-state index < -0.39 is 5.97 Å². The highest BCUT2D eigenvalue weighted by molar-refractivity contribution is 5.74. The molecule has 2 heterocycles. The number of aromatic nitrogens is 1. The molecular weight excluding hydrogens is 286 g/mol. The molecule has 118 valence electrons. The Morgan fingerprint density at radius 2 is 2.32 bits per heavy atom. The van der Waals surface area contributed by atoms with Crippen LogP contribution in [0.1, 0.15) is 0 Å². The molecule has 0 bridgehead atoms. The molecule has 1 fully saturated rings. The number of anilines is 1. The third kappa shape index (κ3) is 3.37. The van der Waals surface area contributed by atoms with E-state index in [1.165, 1.54) is 0 Å². The van der Waals surface area contributed by atoms with Crippen molar-refractivity contribution in [3.05, 3.63) is 24.3 Å². The standard InChI is InChI=1S/C15H19N3O4/c1-17(10-14(19)20)8-11-9-18(6-7-21-11)15-16-12-4-2-3-5-13(12)22-15/h2-5,11H,6-10H2,1H3,(H,19,20). The molecule has 0 saturated carbocycles. The van der Waals surface area contributed by atoms with E-state index in [2.05, 4.69) is 4.98 Å². The Hall–Kier alpha value is -2.12. The lowest BCUT2D eigenvalue weighted by atomic mass is 10.2. The Balaban J connectivity index is 1.66. The second-order valence-electron chi connectivity index (χ2n) is 5.49. The highest BCUT2D eigenvalue weighted by atomic mass is 16.5. The zero-order chi connectivity index (χ0) is 15.5. The molecule has 22 heavy (non-hydrogen) atoms. The van der Waals surface area contributed by atoms with Gasteiger partial charge in [-0.3, -0.25) is 9.69 Å². The van der Waals surface area contributed by atoms with Crippen LogP contribution >= 0.6 is 0 Å². The fourth-order valence-corrected chi connectivity index (χ4v) is 2.64. The van der Waals surface area contributed by atoms with Crippen molar-refractivity contribution >= 4 is 23.1 Å². The number of hydrogen-bond donors (Lipinski definition) is 1. The SMILES string of the molecule is CN(CC(=O)O)CC1CN(c2nc3ccccc3o2)CCO1. The van der Waals surface area contributed by atoms with Crippen molar-refractivity contribution < 1.29 is 19.1 Å². The molecule has 0 spiro atoms. The molecule has 1 aromatic carbocycles. The summed E-state index contributed by atoms with van der Waals surface area (Å²) in [5.41, 5.74) is 1.60. The van der Waals surface area contributed by atoms with Crippen molar-refractivity contribution in [3.8, 4) is 0 Å². The molecule has 1 N–H and O–H groups in total. The van der Waals surface area contributed by atoms with Crippen LogP contribution in [0, 0.1) is 0 Å². The van der Waals surface area contributed by atoms with Crippen molar-refractivity contribution in [2.45, 2.75) is 6.10 Å². The average molecular weight is 305 g/mol. The maximum absolute atomic E-state index is 10.7. The van der Waals surface area contributed by atoms with Crippen LogP contribution in [0.15, 0.2) is 28.7 Å². The first-order valence-electron chi connectivity index (χ1n) is 7.24. The Morgan fingerprint density at radius 1 is 1.50 bits per heavy atom. The number of carbonyl (C=O) groups is 1. The minimum atomic E-state index is -0.839. The van der Waals surface area contributed by atoms with Crippen LogP contribution in [0.4, 0.5) is 6.01 Å². The molecule has 0 aliphatic carbocycles. The van der Waals surface area contributed by atoms with Crippen LogP contribution in [0.3, 0.4) is 0 Å². The largest absolute Gasteiger partial charge is 0.480 e. The first-order valence-corrected chi connectivity index (χ1v) is 7.24. The summed E-state index contributed by atoms with van der Waals surface area (Å²) in [5, 5.41) is 8.81. The number of nitrogens with zero attached hydrogens (tertiary/aromatic N) is 3. The molecule has 1 aromatic heterocycles. The number of rotatable bonds is 5. The maximum atomic E-state index is 10.7. The zero-order valence-corrected chi connectivity index (χ0v) is 12.4. The van der Waals surface area contributed by atoms with Crippen LogP contribution in [-0.2, 0) is 9.53 Å². The van der Waals surface area contributed by atoms with E-state index in [9.17, 15) is 4.79 Å². The van der Waals surface area contributed by atoms with Gasteiger partial charge in [0.1, 0.15) is 5.52 Å². The topological polar surface area (TPSA) is 79.0 Å². The second kappa shape index (κ2) is 6.33. The number of para-hydroxylation sites is 2. The van der Waals surface area contributed by atoms with Gasteiger partial charge in [-0.05, 0) is 19.2 Å². The number of carboxylic acid groups (broad SMARTS) is 1. The molecule has 1 aliphatic heterocycles. The van der Waals surface area contributed by atoms with E-state index in [1.54, 1.807) is 11.9 Å². The molecule has 2 aromatic rings. The minimum absolute atomic E-state index is 0.00273. The number of ether oxygens (including phenoxy) is 1. The summed E-state index contributed by atoms with van der Waals surface area (Å²) >= 11 is 0.